The number of fused-ring (bicyclic) bond motifs is 4. The van der Waals surface area contributed by atoms with E-state index in [2.05, 4.69) is 59.5 Å². The topological polar surface area (TPSA) is 41.9 Å². The van der Waals surface area contributed by atoms with Crippen molar-refractivity contribution in [3.05, 3.63) is 101 Å². The normalized spacial score (nSPS) is 17.6. The Kier molecular flexibility index (Phi) is 5.60. The Bertz CT molecular complexity index is 1310. The molecule has 4 aromatic carbocycles. The van der Waals surface area contributed by atoms with Crippen molar-refractivity contribution in [3.8, 4) is 17.2 Å². The van der Waals surface area contributed by atoms with Crippen LogP contribution in [0.3, 0.4) is 0 Å². The van der Waals surface area contributed by atoms with Gasteiger partial charge in [-0.1, -0.05) is 48.5 Å². The van der Waals surface area contributed by atoms with Gasteiger partial charge in [0.1, 0.15) is 30.0 Å². The summed E-state index contributed by atoms with van der Waals surface area (Å²) in [5.41, 5.74) is 4.69. The van der Waals surface area contributed by atoms with Crippen LogP contribution in [0.4, 0.5) is 0 Å². The van der Waals surface area contributed by atoms with Crippen molar-refractivity contribution < 1.29 is 14.6 Å². The molecule has 4 nitrogen and oxygen atoms in total. The molecular weight excluding hydrogens is 422 g/mol. The molecule has 0 aromatic heterocycles. The van der Waals surface area contributed by atoms with Gasteiger partial charge in [0.2, 0.25) is 0 Å². The highest BCUT2D eigenvalue weighted by Crippen LogP contribution is 2.41. The fourth-order valence-corrected chi connectivity index (χ4v) is 5.28. The lowest BCUT2D eigenvalue weighted by molar-refractivity contribution is 0.236. The van der Waals surface area contributed by atoms with E-state index in [4.69, 9.17) is 9.47 Å². The molecule has 1 N–H and O–H groups in total. The van der Waals surface area contributed by atoms with E-state index >= 15 is 0 Å². The van der Waals surface area contributed by atoms with E-state index in [1.165, 1.54) is 37.1 Å². The van der Waals surface area contributed by atoms with Gasteiger partial charge in [0.15, 0.2) is 0 Å². The molecule has 2 aliphatic rings. The van der Waals surface area contributed by atoms with Gasteiger partial charge in [-0.3, -0.25) is 4.90 Å². The van der Waals surface area contributed by atoms with E-state index in [-0.39, 0.29) is 11.9 Å². The second-order valence-electron chi connectivity index (χ2n) is 9.29. The molecule has 34 heavy (non-hydrogen) atoms. The lowest BCUT2D eigenvalue weighted by Gasteiger charge is -2.22. The first-order chi connectivity index (χ1) is 16.7. The number of nitrogens with zero attached hydrogens (tertiary/aromatic N) is 1. The van der Waals surface area contributed by atoms with Crippen LogP contribution in [0.5, 0.6) is 17.2 Å². The average Bonchev–Trinajstić information content (AvgIpc) is 3.31. The number of hydrogen-bond acceptors (Lipinski definition) is 4. The zero-order chi connectivity index (χ0) is 22.9. The highest BCUT2D eigenvalue weighted by Gasteiger charge is 2.27. The van der Waals surface area contributed by atoms with Crippen LogP contribution in [-0.2, 0) is 6.42 Å². The van der Waals surface area contributed by atoms with Crippen LogP contribution in [0, 0.1) is 0 Å². The Balaban J connectivity index is 1.34. The first-order valence-electron chi connectivity index (χ1n) is 12.2. The minimum absolute atomic E-state index is 0.245. The largest absolute Gasteiger partial charge is 0.508 e. The Morgan fingerprint density at radius 3 is 2.56 bits per heavy atom. The summed E-state index contributed by atoms with van der Waals surface area (Å²) < 4.78 is 12.7. The Hall–Kier alpha value is -3.50. The molecular formula is C30H29NO3. The summed E-state index contributed by atoms with van der Waals surface area (Å²) in [7, 11) is 0. The first kappa shape index (κ1) is 21.1. The Labute approximate surface area is 200 Å². The molecule has 0 bridgehead atoms. The van der Waals surface area contributed by atoms with Crippen LogP contribution in [0.25, 0.3) is 10.8 Å². The molecule has 0 radical (unpaired) electrons. The van der Waals surface area contributed by atoms with Gasteiger partial charge in [-0.05, 0) is 83.7 Å². The summed E-state index contributed by atoms with van der Waals surface area (Å²) >= 11 is 0. The van der Waals surface area contributed by atoms with E-state index < -0.39 is 0 Å². The van der Waals surface area contributed by atoms with Crippen molar-refractivity contribution in [2.24, 2.45) is 0 Å². The third-order valence-corrected chi connectivity index (χ3v) is 7.05. The summed E-state index contributed by atoms with van der Waals surface area (Å²) in [5.74, 6) is 2.08. The summed E-state index contributed by atoms with van der Waals surface area (Å²) in [6.07, 6.45) is 3.17. The first-order valence-corrected chi connectivity index (χ1v) is 12.2. The van der Waals surface area contributed by atoms with Gasteiger partial charge in [0.05, 0.1) is 0 Å². The zero-order valence-corrected chi connectivity index (χ0v) is 19.2. The van der Waals surface area contributed by atoms with Crippen LogP contribution < -0.4 is 9.47 Å². The maximum absolute atomic E-state index is 10.0. The Morgan fingerprint density at radius 1 is 0.882 bits per heavy atom. The predicted octanol–water partition coefficient (Wildman–Crippen LogP) is 6.09. The summed E-state index contributed by atoms with van der Waals surface area (Å²) in [5, 5.41) is 12.2. The van der Waals surface area contributed by atoms with Crippen molar-refractivity contribution in [2.45, 2.75) is 25.4 Å². The Morgan fingerprint density at radius 2 is 1.71 bits per heavy atom. The van der Waals surface area contributed by atoms with E-state index in [1.54, 1.807) is 6.07 Å². The van der Waals surface area contributed by atoms with Crippen molar-refractivity contribution in [2.75, 3.05) is 26.2 Å². The second-order valence-corrected chi connectivity index (χ2v) is 9.29. The molecule has 2 heterocycles. The maximum atomic E-state index is 10.0. The van der Waals surface area contributed by atoms with E-state index in [1.807, 2.05) is 18.2 Å². The van der Waals surface area contributed by atoms with Crippen molar-refractivity contribution in [1.29, 1.82) is 0 Å². The van der Waals surface area contributed by atoms with Crippen LogP contribution in [0.1, 0.15) is 41.2 Å². The smallest absolute Gasteiger partial charge is 0.150 e. The summed E-state index contributed by atoms with van der Waals surface area (Å²) in [6.45, 7) is 4.07. The highest BCUT2D eigenvalue weighted by atomic mass is 16.5. The van der Waals surface area contributed by atoms with Crippen LogP contribution in [0.2, 0.25) is 0 Å². The van der Waals surface area contributed by atoms with Crippen LogP contribution in [-0.4, -0.2) is 36.2 Å². The van der Waals surface area contributed by atoms with Crippen molar-refractivity contribution in [3.63, 3.8) is 0 Å². The lowest BCUT2D eigenvalue weighted by atomic mass is 9.89. The zero-order valence-electron chi connectivity index (χ0n) is 19.2. The monoisotopic (exact) mass is 451 g/mol. The fraction of sp³-hybridized carbons (Fsp3) is 0.267. The SMILES string of the molecule is Oc1ccc2c3c(ccc2c1)Cc1ccccc1OC3c1ccc(OCCN2CCCC2)cc1. The molecule has 4 heteroatoms. The minimum atomic E-state index is -0.245. The molecule has 1 fully saturated rings. The predicted molar refractivity (Wildman–Crippen MR) is 135 cm³/mol. The number of hydrogen-bond donors (Lipinski definition) is 1. The molecule has 0 spiro atoms. The number of benzene rings is 4. The summed E-state index contributed by atoms with van der Waals surface area (Å²) in [6, 6.07) is 26.5. The number of likely N-dealkylation sites (tertiary alicyclic amines) is 1. The molecule has 1 atom stereocenters. The molecule has 0 amide bonds. The van der Waals surface area contributed by atoms with Gasteiger partial charge >= 0.3 is 0 Å². The standard InChI is InChI=1S/C30H29NO3/c32-25-11-14-27-22(20-25)7-8-24-19-23-5-1-2-6-28(23)34-30(29(24)27)21-9-12-26(13-10-21)33-18-17-31-15-3-4-16-31/h1-2,5-14,20,30,32H,3-4,15-19H2. The van der Waals surface area contributed by atoms with E-state index in [0.29, 0.717) is 6.61 Å². The molecule has 1 unspecified atom stereocenters. The van der Waals surface area contributed by atoms with Gasteiger partial charge in [-0.25, -0.2) is 0 Å². The quantitative estimate of drug-likeness (QED) is 0.399. The van der Waals surface area contributed by atoms with E-state index in [9.17, 15) is 5.11 Å². The summed E-state index contributed by atoms with van der Waals surface area (Å²) in [4.78, 5) is 2.46. The molecule has 0 aliphatic carbocycles. The van der Waals surface area contributed by atoms with Crippen molar-refractivity contribution in [1.82, 2.24) is 4.90 Å². The number of ether oxygens (including phenoxy) is 2. The molecule has 2 aliphatic heterocycles. The number of phenols is 1. The van der Waals surface area contributed by atoms with Gasteiger partial charge in [0, 0.05) is 18.5 Å². The van der Waals surface area contributed by atoms with Gasteiger partial charge in [-0.2, -0.15) is 0 Å². The molecule has 0 saturated carbocycles. The van der Waals surface area contributed by atoms with Gasteiger partial charge in [0.25, 0.3) is 0 Å². The highest BCUT2D eigenvalue weighted by molar-refractivity contribution is 5.89. The van der Waals surface area contributed by atoms with Crippen molar-refractivity contribution >= 4 is 10.8 Å². The molecule has 1 saturated heterocycles. The fourth-order valence-electron chi connectivity index (χ4n) is 5.28. The van der Waals surface area contributed by atoms with E-state index in [0.717, 1.165) is 46.4 Å². The third-order valence-electron chi connectivity index (χ3n) is 7.05. The molecule has 6 rings (SSSR count). The molecule has 172 valence electrons. The van der Waals surface area contributed by atoms with Gasteiger partial charge in [-0.15, -0.1) is 0 Å². The average molecular weight is 452 g/mol. The van der Waals surface area contributed by atoms with Crippen LogP contribution in [0.15, 0.2) is 78.9 Å². The maximum Gasteiger partial charge on any atom is 0.150 e. The lowest BCUT2D eigenvalue weighted by Crippen LogP contribution is -2.25. The number of para-hydroxylation sites is 1. The number of rotatable bonds is 5. The molecule has 4 aromatic rings. The minimum Gasteiger partial charge on any atom is -0.508 e. The third kappa shape index (κ3) is 4.10. The van der Waals surface area contributed by atoms with Gasteiger partial charge < -0.3 is 14.6 Å². The number of aromatic hydroxyl groups is 1. The number of phenolic OH excluding ortho intramolecular Hbond substituents is 1. The van der Waals surface area contributed by atoms with Crippen LogP contribution >= 0.6 is 0 Å². The second kappa shape index (κ2) is 9.03.